The zero-order valence-electron chi connectivity index (χ0n) is 14.7. The molecular weight excluding hydrogens is 322 g/mol. The van der Waals surface area contributed by atoms with E-state index in [4.69, 9.17) is 4.98 Å². The van der Waals surface area contributed by atoms with Crippen LogP contribution in [0.5, 0.6) is 0 Å². The summed E-state index contributed by atoms with van der Waals surface area (Å²) < 4.78 is 0. The number of fused-ring (bicyclic) bond motifs is 1. The lowest BCUT2D eigenvalue weighted by atomic mass is 9.99. The van der Waals surface area contributed by atoms with Crippen LogP contribution in [0, 0.1) is 0 Å². The summed E-state index contributed by atoms with van der Waals surface area (Å²) in [5.74, 6) is 1.37. The SMILES string of the molecule is CC(C)(Nc1nc(-c2ccccn2)nc2ccccc12)c1ccccn1. The summed E-state index contributed by atoms with van der Waals surface area (Å²) >= 11 is 0. The maximum atomic E-state index is 4.77. The minimum Gasteiger partial charge on any atom is -0.359 e. The molecule has 0 saturated heterocycles. The second-order valence-electron chi connectivity index (χ2n) is 6.59. The van der Waals surface area contributed by atoms with E-state index in [9.17, 15) is 0 Å². The topological polar surface area (TPSA) is 63.6 Å². The van der Waals surface area contributed by atoms with Crippen molar-refractivity contribution in [2.45, 2.75) is 19.4 Å². The van der Waals surface area contributed by atoms with E-state index < -0.39 is 0 Å². The molecule has 128 valence electrons. The summed E-state index contributed by atoms with van der Waals surface area (Å²) in [6.07, 6.45) is 3.55. The quantitative estimate of drug-likeness (QED) is 0.595. The van der Waals surface area contributed by atoms with E-state index in [1.54, 1.807) is 12.4 Å². The van der Waals surface area contributed by atoms with Crippen molar-refractivity contribution < 1.29 is 0 Å². The smallest absolute Gasteiger partial charge is 0.180 e. The second-order valence-corrected chi connectivity index (χ2v) is 6.59. The molecule has 0 aliphatic carbocycles. The van der Waals surface area contributed by atoms with Crippen molar-refractivity contribution in [2.24, 2.45) is 0 Å². The van der Waals surface area contributed by atoms with Gasteiger partial charge in [-0.25, -0.2) is 9.97 Å². The maximum Gasteiger partial charge on any atom is 0.180 e. The highest BCUT2D eigenvalue weighted by atomic mass is 15.1. The summed E-state index contributed by atoms with van der Waals surface area (Å²) in [4.78, 5) is 18.3. The first-order chi connectivity index (χ1) is 12.6. The number of hydrogen-bond donors (Lipinski definition) is 1. The zero-order valence-corrected chi connectivity index (χ0v) is 14.7. The molecule has 5 nitrogen and oxygen atoms in total. The third-order valence-corrected chi connectivity index (χ3v) is 4.23. The average Bonchev–Trinajstić information content (AvgIpc) is 2.69. The zero-order chi connectivity index (χ0) is 18.0. The Bertz CT molecular complexity index is 1030. The third kappa shape index (κ3) is 3.11. The lowest BCUT2D eigenvalue weighted by molar-refractivity contribution is 0.585. The molecule has 0 aliphatic rings. The van der Waals surface area contributed by atoms with E-state index in [0.717, 1.165) is 28.1 Å². The Kier molecular flexibility index (Phi) is 4.05. The standard InChI is InChI=1S/C21H19N5/c1-21(2,18-12-6-8-14-23-18)26-19-15-9-3-4-10-16(15)24-20(25-19)17-11-5-7-13-22-17/h3-14H,1-2H3,(H,24,25,26). The molecule has 1 N–H and O–H groups in total. The van der Waals surface area contributed by atoms with E-state index in [1.165, 1.54) is 0 Å². The van der Waals surface area contributed by atoms with Crippen molar-refractivity contribution in [2.75, 3.05) is 5.32 Å². The Morgan fingerprint density at radius 1 is 0.769 bits per heavy atom. The van der Waals surface area contributed by atoms with Crippen molar-refractivity contribution in [1.29, 1.82) is 0 Å². The molecule has 0 atom stereocenters. The van der Waals surface area contributed by atoms with Gasteiger partial charge in [-0.1, -0.05) is 24.3 Å². The third-order valence-electron chi connectivity index (χ3n) is 4.23. The first-order valence-corrected chi connectivity index (χ1v) is 8.51. The Morgan fingerprint density at radius 2 is 1.50 bits per heavy atom. The van der Waals surface area contributed by atoms with Crippen molar-refractivity contribution in [3.05, 3.63) is 78.8 Å². The monoisotopic (exact) mass is 341 g/mol. The van der Waals surface area contributed by atoms with Crippen molar-refractivity contribution in [1.82, 2.24) is 19.9 Å². The summed E-state index contributed by atoms with van der Waals surface area (Å²) in [6, 6.07) is 19.6. The maximum absolute atomic E-state index is 4.77. The van der Waals surface area contributed by atoms with Crippen LogP contribution in [-0.2, 0) is 5.54 Å². The van der Waals surface area contributed by atoms with Gasteiger partial charge in [-0.15, -0.1) is 0 Å². The molecule has 0 radical (unpaired) electrons. The van der Waals surface area contributed by atoms with Crippen LogP contribution < -0.4 is 5.32 Å². The van der Waals surface area contributed by atoms with Gasteiger partial charge in [0.2, 0.25) is 0 Å². The van der Waals surface area contributed by atoms with Crippen molar-refractivity contribution >= 4 is 16.7 Å². The van der Waals surface area contributed by atoms with E-state index in [0.29, 0.717) is 5.82 Å². The van der Waals surface area contributed by atoms with Crippen LogP contribution in [-0.4, -0.2) is 19.9 Å². The molecular formula is C21H19N5. The number of nitrogens with one attached hydrogen (secondary N) is 1. The van der Waals surface area contributed by atoms with Gasteiger partial charge in [-0.05, 0) is 50.2 Å². The van der Waals surface area contributed by atoms with Crippen LogP contribution in [0.4, 0.5) is 5.82 Å². The molecule has 5 heteroatoms. The molecule has 1 aromatic carbocycles. The number of benzene rings is 1. The van der Waals surface area contributed by atoms with Crippen LogP contribution >= 0.6 is 0 Å². The molecule has 4 rings (SSSR count). The van der Waals surface area contributed by atoms with Gasteiger partial charge in [0.1, 0.15) is 11.5 Å². The number of aromatic nitrogens is 4. The summed E-state index contributed by atoms with van der Waals surface area (Å²) in [7, 11) is 0. The predicted octanol–water partition coefficient (Wildman–Crippen LogP) is 4.43. The number of anilines is 1. The minimum absolute atomic E-state index is 0.389. The number of hydrogen-bond acceptors (Lipinski definition) is 5. The van der Waals surface area contributed by atoms with Crippen LogP contribution in [0.25, 0.3) is 22.4 Å². The summed E-state index contributed by atoms with van der Waals surface area (Å²) in [5.41, 5.74) is 2.18. The summed E-state index contributed by atoms with van der Waals surface area (Å²) in [6.45, 7) is 4.18. The van der Waals surface area contributed by atoms with Gasteiger partial charge in [0, 0.05) is 17.8 Å². The van der Waals surface area contributed by atoms with Gasteiger partial charge in [0.25, 0.3) is 0 Å². The van der Waals surface area contributed by atoms with Crippen LogP contribution in [0.3, 0.4) is 0 Å². The number of rotatable bonds is 4. The molecule has 3 heterocycles. The van der Waals surface area contributed by atoms with E-state index >= 15 is 0 Å². The van der Waals surface area contributed by atoms with E-state index in [2.05, 4.69) is 34.1 Å². The molecule has 0 aliphatic heterocycles. The molecule has 0 unspecified atom stereocenters. The first-order valence-electron chi connectivity index (χ1n) is 8.51. The Hall–Kier alpha value is -3.34. The lowest BCUT2D eigenvalue weighted by Gasteiger charge is -2.27. The van der Waals surface area contributed by atoms with Crippen molar-refractivity contribution in [3.63, 3.8) is 0 Å². The molecule has 0 bridgehead atoms. The first kappa shape index (κ1) is 16.1. The van der Waals surface area contributed by atoms with E-state index in [1.807, 2.05) is 60.7 Å². The molecule has 0 spiro atoms. The minimum atomic E-state index is -0.389. The Labute approximate surface area is 152 Å². The van der Waals surface area contributed by atoms with Gasteiger partial charge < -0.3 is 5.32 Å². The normalized spacial score (nSPS) is 11.5. The van der Waals surface area contributed by atoms with E-state index in [-0.39, 0.29) is 5.54 Å². The van der Waals surface area contributed by atoms with Gasteiger partial charge in [0.05, 0.1) is 16.7 Å². The van der Waals surface area contributed by atoms with Gasteiger partial charge >= 0.3 is 0 Å². The molecule has 4 aromatic rings. The van der Waals surface area contributed by atoms with Gasteiger partial charge in [-0.2, -0.15) is 0 Å². The largest absolute Gasteiger partial charge is 0.359 e. The van der Waals surface area contributed by atoms with Gasteiger partial charge in [0.15, 0.2) is 5.82 Å². The molecule has 0 fully saturated rings. The predicted molar refractivity (Wildman–Crippen MR) is 104 cm³/mol. The summed E-state index contributed by atoms with van der Waals surface area (Å²) in [5, 5.41) is 4.52. The fourth-order valence-corrected chi connectivity index (χ4v) is 2.87. The van der Waals surface area contributed by atoms with Gasteiger partial charge in [-0.3, -0.25) is 9.97 Å². The van der Waals surface area contributed by atoms with Crippen LogP contribution in [0.15, 0.2) is 73.1 Å². The fourth-order valence-electron chi connectivity index (χ4n) is 2.87. The van der Waals surface area contributed by atoms with Crippen molar-refractivity contribution in [3.8, 4) is 11.5 Å². The second kappa shape index (κ2) is 6.52. The highest BCUT2D eigenvalue weighted by Crippen LogP contribution is 2.29. The number of para-hydroxylation sites is 1. The molecule has 3 aromatic heterocycles. The highest BCUT2D eigenvalue weighted by Gasteiger charge is 2.23. The lowest BCUT2D eigenvalue weighted by Crippen LogP contribution is -2.29. The Balaban J connectivity index is 1.83. The Morgan fingerprint density at radius 3 is 2.23 bits per heavy atom. The molecule has 0 saturated carbocycles. The molecule has 0 amide bonds. The average molecular weight is 341 g/mol. The fraction of sp³-hybridized carbons (Fsp3) is 0.143. The highest BCUT2D eigenvalue weighted by molar-refractivity contribution is 5.90. The number of pyridine rings is 2. The van der Waals surface area contributed by atoms with Crippen LogP contribution in [0.1, 0.15) is 19.5 Å². The van der Waals surface area contributed by atoms with Crippen LogP contribution in [0.2, 0.25) is 0 Å². The molecule has 26 heavy (non-hydrogen) atoms. The number of nitrogens with zero attached hydrogens (tertiary/aromatic N) is 4.